The smallest absolute Gasteiger partial charge is 0.315 e. The van der Waals surface area contributed by atoms with Crippen LogP contribution in [0.25, 0.3) is 0 Å². The number of carbonyl (C=O) groups excluding carboxylic acids is 7. The quantitative estimate of drug-likeness (QED) is 0.192. The van der Waals surface area contributed by atoms with E-state index in [-0.39, 0.29) is 35.5 Å². The van der Waals surface area contributed by atoms with Gasteiger partial charge in [0.2, 0.25) is 29.4 Å². The van der Waals surface area contributed by atoms with Crippen LogP contribution in [0.4, 0.5) is 4.79 Å². The summed E-state index contributed by atoms with van der Waals surface area (Å²) in [5.74, 6) is -3.87. The third-order valence-corrected chi connectivity index (χ3v) is 10.3. The van der Waals surface area contributed by atoms with Crippen LogP contribution in [0.15, 0.2) is 30.3 Å². The molecule has 0 aromatic heterocycles. The fraction of sp³-hybridized carbons (Fsp3) is 0.658. The van der Waals surface area contributed by atoms with Crippen LogP contribution in [0, 0.1) is 28.6 Å². The second-order valence-electron chi connectivity index (χ2n) is 17.5. The maximum Gasteiger partial charge on any atom is 0.315 e. The molecule has 52 heavy (non-hydrogen) atoms. The summed E-state index contributed by atoms with van der Waals surface area (Å²) in [6, 6.07) is 4.16. The molecule has 1 saturated heterocycles. The summed E-state index contributed by atoms with van der Waals surface area (Å²) in [6.45, 7) is 14.9. The van der Waals surface area contributed by atoms with Crippen molar-refractivity contribution in [2.45, 2.75) is 104 Å². The van der Waals surface area contributed by atoms with Gasteiger partial charge in [-0.2, -0.15) is 0 Å². The standard InChI is InChI=1S/C38H57N7O7/c1-36(2,3)30(42-35(52)43-37(4,5)6)34(51)45-20-23-26(38(23,7)8)28(45)31(48)40-24(18-21-16-17-21)29(47)32(49)39-19-25(46)41-27(33(50)44(9)10)22-14-12-11-13-15-22/h11-15,21,23-24,26-28,30H,16-20H2,1-10H3,(H,39,49)(H,40,48)(H,41,46)(H2,42,43,52)/t23?,24?,26-,27-,28-,30+/m0/s1. The van der Waals surface area contributed by atoms with Crippen molar-refractivity contribution in [1.29, 1.82) is 0 Å². The van der Waals surface area contributed by atoms with Gasteiger partial charge in [0.05, 0.1) is 12.6 Å². The van der Waals surface area contributed by atoms with E-state index in [2.05, 4.69) is 26.6 Å². The Morgan fingerprint density at radius 1 is 0.904 bits per heavy atom. The molecular formula is C38H57N7O7. The molecule has 14 heteroatoms. The molecule has 2 saturated carbocycles. The van der Waals surface area contributed by atoms with E-state index in [0.717, 1.165) is 12.8 Å². The summed E-state index contributed by atoms with van der Waals surface area (Å²) in [6.07, 6.45) is 1.95. The molecule has 1 aromatic carbocycles. The number of Topliss-reactive ketones (excluding diaryl/α,β-unsaturated/α-hetero) is 1. The summed E-state index contributed by atoms with van der Waals surface area (Å²) in [4.78, 5) is 96.6. The number of benzene rings is 1. The van der Waals surface area contributed by atoms with E-state index >= 15 is 0 Å². The minimum atomic E-state index is -1.16. The molecule has 286 valence electrons. The largest absolute Gasteiger partial charge is 0.347 e. The lowest BCUT2D eigenvalue weighted by Crippen LogP contribution is -2.62. The lowest BCUT2D eigenvalue weighted by atomic mass is 9.85. The monoisotopic (exact) mass is 723 g/mol. The van der Waals surface area contributed by atoms with E-state index in [4.69, 9.17) is 0 Å². The fourth-order valence-corrected chi connectivity index (χ4v) is 7.12. The van der Waals surface area contributed by atoms with Crippen LogP contribution in [0.1, 0.15) is 86.3 Å². The first-order valence-corrected chi connectivity index (χ1v) is 18.1. The predicted molar refractivity (Wildman–Crippen MR) is 194 cm³/mol. The molecular weight excluding hydrogens is 666 g/mol. The van der Waals surface area contributed by atoms with E-state index in [0.29, 0.717) is 12.1 Å². The second-order valence-corrected chi connectivity index (χ2v) is 17.5. The third kappa shape index (κ3) is 9.68. The van der Waals surface area contributed by atoms with Gasteiger partial charge in [-0.15, -0.1) is 0 Å². The molecule has 2 aliphatic carbocycles. The number of rotatable bonds is 13. The van der Waals surface area contributed by atoms with Gasteiger partial charge in [-0.1, -0.05) is 77.8 Å². The first-order chi connectivity index (χ1) is 24.0. The van der Waals surface area contributed by atoms with E-state index < -0.39 is 77.1 Å². The molecule has 6 atom stereocenters. The van der Waals surface area contributed by atoms with Gasteiger partial charge in [-0.05, 0) is 61.3 Å². The Bertz CT molecular complexity index is 1560. The Kier molecular flexibility index (Phi) is 11.8. The average molecular weight is 724 g/mol. The molecule has 0 radical (unpaired) electrons. The molecule has 5 N–H and O–H groups in total. The minimum absolute atomic E-state index is 0.0507. The van der Waals surface area contributed by atoms with Crippen LogP contribution in [0.5, 0.6) is 0 Å². The second kappa shape index (κ2) is 15.2. The van der Waals surface area contributed by atoms with Gasteiger partial charge in [0.15, 0.2) is 0 Å². The number of likely N-dealkylation sites (tertiary alicyclic amines) is 1. The van der Waals surface area contributed by atoms with Crippen molar-refractivity contribution in [2.24, 2.45) is 28.6 Å². The van der Waals surface area contributed by atoms with Crippen molar-refractivity contribution in [3.8, 4) is 0 Å². The lowest BCUT2D eigenvalue weighted by Gasteiger charge is -2.38. The van der Waals surface area contributed by atoms with Gasteiger partial charge in [0.25, 0.3) is 5.91 Å². The summed E-state index contributed by atoms with van der Waals surface area (Å²) < 4.78 is 0. The lowest BCUT2D eigenvalue weighted by molar-refractivity contribution is -0.145. The molecule has 1 heterocycles. The van der Waals surface area contributed by atoms with Crippen molar-refractivity contribution < 1.29 is 33.6 Å². The van der Waals surface area contributed by atoms with Crippen molar-refractivity contribution in [2.75, 3.05) is 27.2 Å². The Morgan fingerprint density at radius 2 is 1.52 bits per heavy atom. The summed E-state index contributed by atoms with van der Waals surface area (Å²) in [5.41, 5.74) is -0.890. The van der Waals surface area contributed by atoms with Crippen LogP contribution in [0.2, 0.25) is 0 Å². The van der Waals surface area contributed by atoms with Gasteiger partial charge in [0, 0.05) is 26.2 Å². The molecule has 7 amide bonds. The number of ketones is 1. The first-order valence-electron chi connectivity index (χ1n) is 18.1. The van der Waals surface area contributed by atoms with Crippen LogP contribution in [0.3, 0.4) is 0 Å². The number of urea groups is 1. The zero-order valence-electron chi connectivity index (χ0n) is 32.2. The molecule has 2 unspecified atom stereocenters. The normalized spacial score (nSPS) is 22.1. The first kappa shape index (κ1) is 40.3. The highest BCUT2D eigenvalue weighted by Gasteiger charge is 2.70. The topological polar surface area (TPSA) is 186 Å². The Hall–Kier alpha value is -4.49. The van der Waals surface area contributed by atoms with E-state index in [9.17, 15) is 33.6 Å². The van der Waals surface area contributed by atoms with Crippen molar-refractivity contribution in [3.05, 3.63) is 35.9 Å². The number of carbonyl (C=O) groups is 7. The van der Waals surface area contributed by atoms with Gasteiger partial charge in [0.1, 0.15) is 18.1 Å². The van der Waals surface area contributed by atoms with Crippen molar-refractivity contribution in [1.82, 2.24) is 36.4 Å². The van der Waals surface area contributed by atoms with Crippen LogP contribution in [-0.2, 0) is 28.8 Å². The molecule has 4 rings (SSSR count). The summed E-state index contributed by atoms with van der Waals surface area (Å²) in [7, 11) is 3.13. The van der Waals surface area contributed by atoms with E-state index in [1.165, 1.54) is 9.80 Å². The zero-order chi connectivity index (χ0) is 38.9. The van der Waals surface area contributed by atoms with Gasteiger partial charge < -0.3 is 36.4 Å². The Balaban J connectivity index is 1.46. The van der Waals surface area contributed by atoms with E-state index in [1.54, 1.807) is 44.4 Å². The van der Waals surface area contributed by atoms with Crippen molar-refractivity contribution in [3.63, 3.8) is 0 Å². The maximum absolute atomic E-state index is 14.2. The van der Waals surface area contributed by atoms with E-state index in [1.807, 2.05) is 55.4 Å². The van der Waals surface area contributed by atoms with Gasteiger partial charge in [-0.25, -0.2) is 4.79 Å². The molecule has 3 fully saturated rings. The Labute approximate surface area is 306 Å². The molecule has 3 aliphatic rings. The van der Waals surface area contributed by atoms with Crippen LogP contribution in [-0.4, -0.2) is 102 Å². The zero-order valence-corrected chi connectivity index (χ0v) is 32.2. The van der Waals surface area contributed by atoms with Crippen molar-refractivity contribution >= 4 is 41.4 Å². The number of nitrogens with one attached hydrogen (secondary N) is 5. The molecule has 0 spiro atoms. The number of hydrogen-bond donors (Lipinski definition) is 5. The summed E-state index contributed by atoms with van der Waals surface area (Å²) in [5, 5.41) is 13.5. The number of likely N-dealkylation sites (N-methyl/N-ethyl adjacent to an activating group) is 1. The van der Waals surface area contributed by atoms with Gasteiger partial charge in [-0.3, -0.25) is 28.8 Å². The highest BCUT2D eigenvalue weighted by molar-refractivity contribution is 6.38. The third-order valence-electron chi connectivity index (χ3n) is 10.3. The Morgan fingerprint density at radius 3 is 2.06 bits per heavy atom. The fourth-order valence-electron chi connectivity index (χ4n) is 7.12. The minimum Gasteiger partial charge on any atom is -0.347 e. The van der Waals surface area contributed by atoms with Gasteiger partial charge >= 0.3 is 6.03 Å². The van der Waals surface area contributed by atoms with Crippen LogP contribution >= 0.6 is 0 Å². The highest BCUT2D eigenvalue weighted by atomic mass is 16.2. The highest BCUT2D eigenvalue weighted by Crippen LogP contribution is 2.65. The molecule has 1 aromatic rings. The average Bonchev–Trinajstić information content (AvgIpc) is 3.90. The maximum atomic E-state index is 14.2. The number of piperidine rings is 1. The number of amides is 7. The summed E-state index contributed by atoms with van der Waals surface area (Å²) >= 11 is 0. The molecule has 0 bridgehead atoms. The molecule has 14 nitrogen and oxygen atoms in total. The van der Waals surface area contributed by atoms with Crippen LogP contribution < -0.4 is 26.6 Å². The number of nitrogens with zero attached hydrogens (tertiary/aromatic N) is 2. The number of fused-ring (bicyclic) bond motifs is 1. The number of hydrogen-bond acceptors (Lipinski definition) is 7. The molecule has 1 aliphatic heterocycles. The predicted octanol–water partition coefficient (Wildman–Crippen LogP) is 1.90. The SMILES string of the molecule is CN(C)C(=O)[C@@H](NC(=O)CNC(=O)C(=O)C(CC1CC1)NC(=O)[C@@H]1[C@@H]2C(CN1C(=O)[C@@H](NC(=O)NC(C)(C)C)C(C)(C)C)C2(C)C)c1ccccc1.